The number of benzene rings is 3. The Bertz CT molecular complexity index is 1160. The Morgan fingerprint density at radius 1 is 0.788 bits per heavy atom. The Morgan fingerprint density at radius 3 is 2.12 bits per heavy atom. The van der Waals surface area contributed by atoms with Crippen molar-refractivity contribution in [2.75, 3.05) is 12.0 Å². The smallest absolute Gasteiger partial charge is 0.263 e. The molecular weight excluding hydrogens is 410 g/mol. The van der Waals surface area contributed by atoms with Crippen LogP contribution in [0.1, 0.15) is 31.7 Å². The molecule has 0 fully saturated rings. The van der Waals surface area contributed by atoms with Crippen molar-refractivity contribution in [2.45, 2.75) is 26.2 Å². The van der Waals surface area contributed by atoms with Crippen molar-refractivity contribution in [3.8, 4) is 28.3 Å². The van der Waals surface area contributed by atoms with Gasteiger partial charge in [0.1, 0.15) is 17.1 Å². The molecule has 1 N–H and O–H groups in total. The minimum Gasteiger partial charge on any atom is -0.494 e. The lowest BCUT2D eigenvalue weighted by Crippen LogP contribution is -2.03. The number of nitrogens with one attached hydrogen (secondary N) is 1. The fraction of sp³-hybridized carbons (Fsp3) is 0.185. The summed E-state index contributed by atoms with van der Waals surface area (Å²) in [6.07, 6.45) is 5.17. The van der Waals surface area contributed by atoms with Crippen molar-refractivity contribution in [3.63, 3.8) is 0 Å². The Kier molecular flexibility index (Phi) is 7.74. The average molecular weight is 438 g/mol. The summed E-state index contributed by atoms with van der Waals surface area (Å²) in [6, 6.07) is 27.7. The van der Waals surface area contributed by atoms with Crippen molar-refractivity contribution in [2.24, 2.45) is 5.10 Å². The third-order valence-electron chi connectivity index (χ3n) is 5.06. The van der Waals surface area contributed by atoms with Gasteiger partial charge in [0.15, 0.2) is 0 Å². The molecule has 166 valence electrons. The maximum atomic E-state index is 5.75. The normalized spacial score (nSPS) is 10.9. The number of hydrogen-bond acceptors (Lipinski definition) is 6. The van der Waals surface area contributed by atoms with Gasteiger partial charge in [0.2, 0.25) is 0 Å². The van der Waals surface area contributed by atoms with E-state index in [4.69, 9.17) is 9.72 Å². The van der Waals surface area contributed by atoms with Crippen molar-refractivity contribution in [3.05, 3.63) is 90.5 Å². The first-order valence-corrected chi connectivity index (χ1v) is 11.2. The molecule has 33 heavy (non-hydrogen) atoms. The molecule has 4 aromatic rings. The van der Waals surface area contributed by atoms with Crippen LogP contribution in [0.5, 0.6) is 5.75 Å². The lowest BCUT2D eigenvalue weighted by Gasteiger charge is -2.09. The van der Waals surface area contributed by atoms with E-state index in [0.29, 0.717) is 5.95 Å². The highest BCUT2D eigenvalue weighted by Gasteiger charge is 2.13. The molecule has 0 atom stereocenters. The SMILES string of the molecule is CCCCCOc1ccc(/C=N/Nc2nnc(-c3ccccc3)c(-c3ccccc3)n2)cc1. The van der Waals surface area contributed by atoms with Gasteiger partial charge in [-0.1, -0.05) is 80.4 Å². The van der Waals surface area contributed by atoms with Crippen LogP contribution in [0.25, 0.3) is 22.5 Å². The Morgan fingerprint density at radius 2 is 1.45 bits per heavy atom. The summed E-state index contributed by atoms with van der Waals surface area (Å²) in [5.41, 5.74) is 7.25. The summed E-state index contributed by atoms with van der Waals surface area (Å²) < 4.78 is 5.75. The molecule has 0 spiro atoms. The topological polar surface area (TPSA) is 72.3 Å². The lowest BCUT2D eigenvalue weighted by molar-refractivity contribution is 0.306. The second-order valence-electron chi connectivity index (χ2n) is 7.56. The van der Waals surface area contributed by atoms with Crippen LogP contribution in [0.3, 0.4) is 0 Å². The summed E-state index contributed by atoms with van der Waals surface area (Å²) in [5, 5.41) is 13.0. The molecule has 0 radical (unpaired) electrons. The molecule has 1 aromatic heterocycles. The van der Waals surface area contributed by atoms with Crippen LogP contribution in [0.2, 0.25) is 0 Å². The van der Waals surface area contributed by atoms with E-state index >= 15 is 0 Å². The quantitative estimate of drug-likeness (QED) is 0.181. The Labute approximate surface area is 194 Å². The van der Waals surface area contributed by atoms with E-state index < -0.39 is 0 Å². The Balaban J connectivity index is 1.47. The molecule has 1 heterocycles. The predicted molar refractivity (Wildman–Crippen MR) is 133 cm³/mol. The minimum absolute atomic E-state index is 0.334. The van der Waals surface area contributed by atoms with E-state index in [2.05, 4.69) is 27.6 Å². The van der Waals surface area contributed by atoms with Gasteiger partial charge in [-0.05, 0) is 36.2 Å². The van der Waals surface area contributed by atoms with Gasteiger partial charge in [-0.3, -0.25) is 0 Å². The average Bonchev–Trinajstić information content (AvgIpc) is 2.88. The third-order valence-corrected chi connectivity index (χ3v) is 5.06. The van der Waals surface area contributed by atoms with Gasteiger partial charge in [-0.2, -0.15) is 5.10 Å². The summed E-state index contributed by atoms with van der Waals surface area (Å²) in [5.74, 6) is 1.20. The van der Waals surface area contributed by atoms with Crippen LogP contribution in [-0.2, 0) is 0 Å². The maximum absolute atomic E-state index is 5.75. The van der Waals surface area contributed by atoms with Gasteiger partial charge in [-0.25, -0.2) is 10.4 Å². The van der Waals surface area contributed by atoms with Crippen molar-refractivity contribution >= 4 is 12.2 Å². The molecule has 0 bridgehead atoms. The highest BCUT2D eigenvalue weighted by molar-refractivity contribution is 5.80. The number of rotatable bonds is 10. The van der Waals surface area contributed by atoms with E-state index in [1.165, 1.54) is 12.8 Å². The summed E-state index contributed by atoms with van der Waals surface area (Å²) in [7, 11) is 0. The second kappa shape index (κ2) is 11.5. The van der Waals surface area contributed by atoms with Crippen LogP contribution < -0.4 is 10.2 Å². The molecule has 4 rings (SSSR count). The van der Waals surface area contributed by atoms with Gasteiger partial charge in [-0.15, -0.1) is 10.2 Å². The Hall–Kier alpha value is -4.06. The number of ether oxygens (including phenoxy) is 1. The van der Waals surface area contributed by atoms with Crippen molar-refractivity contribution in [1.29, 1.82) is 0 Å². The molecular formula is C27H27N5O. The first-order valence-electron chi connectivity index (χ1n) is 11.2. The monoisotopic (exact) mass is 437 g/mol. The van der Waals surface area contributed by atoms with E-state index in [0.717, 1.165) is 46.9 Å². The molecule has 0 saturated carbocycles. The van der Waals surface area contributed by atoms with Crippen LogP contribution in [-0.4, -0.2) is 28.0 Å². The van der Waals surface area contributed by atoms with E-state index in [1.807, 2.05) is 84.9 Å². The summed E-state index contributed by atoms with van der Waals surface area (Å²) in [4.78, 5) is 4.69. The van der Waals surface area contributed by atoms with Crippen LogP contribution >= 0.6 is 0 Å². The zero-order chi connectivity index (χ0) is 22.7. The van der Waals surface area contributed by atoms with Crippen molar-refractivity contribution < 1.29 is 4.74 Å². The number of aromatic nitrogens is 3. The summed E-state index contributed by atoms with van der Waals surface area (Å²) in [6.45, 7) is 2.93. The number of hydrazone groups is 1. The number of unbranched alkanes of at least 4 members (excludes halogenated alkanes) is 2. The van der Waals surface area contributed by atoms with Gasteiger partial charge in [0.05, 0.1) is 12.8 Å². The van der Waals surface area contributed by atoms with E-state index in [1.54, 1.807) is 6.21 Å². The van der Waals surface area contributed by atoms with Gasteiger partial charge in [0, 0.05) is 11.1 Å². The fourth-order valence-corrected chi connectivity index (χ4v) is 3.32. The molecule has 0 aliphatic heterocycles. The fourth-order valence-electron chi connectivity index (χ4n) is 3.32. The molecule has 0 amide bonds. The highest BCUT2D eigenvalue weighted by Crippen LogP contribution is 2.28. The number of hydrogen-bond donors (Lipinski definition) is 1. The minimum atomic E-state index is 0.334. The molecule has 6 nitrogen and oxygen atoms in total. The molecule has 6 heteroatoms. The largest absolute Gasteiger partial charge is 0.494 e. The van der Waals surface area contributed by atoms with Gasteiger partial charge >= 0.3 is 0 Å². The summed E-state index contributed by atoms with van der Waals surface area (Å²) >= 11 is 0. The molecule has 0 unspecified atom stereocenters. The zero-order valence-electron chi connectivity index (χ0n) is 18.7. The van der Waals surface area contributed by atoms with Crippen LogP contribution in [0, 0.1) is 0 Å². The van der Waals surface area contributed by atoms with Crippen LogP contribution in [0.15, 0.2) is 90.0 Å². The first kappa shape index (κ1) is 22.1. The van der Waals surface area contributed by atoms with Gasteiger partial charge in [0.25, 0.3) is 5.95 Å². The van der Waals surface area contributed by atoms with E-state index in [-0.39, 0.29) is 0 Å². The predicted octanol–water partition coefficient (Wildman–Crippen LogP) is 6.22. The van der Waals surface area contributed by atoms with E-state index in [9.17, 15) is 0 Å². The third kappa shape index (κ3) is 6.23. The second-order valence-corrected chi connectivity index (χ2v) is 7.56. The van der Waals surface area contributed by atoms with Gasteiger partial charge < -0.3 is 4.74 Å². The lowest BCUT2D eigenvalue weighted by atomic mass is 10.0. The maximum Gasteiger partial charge on any atom is 0.263 e. The molecule has 0 saturated heterocycles. The zero-order valence-corrected chi connectivity index (χ0v) is 18.7. The van der Waals surface area contributed by atoms with Crippen LogP contribution in [0.4, 0.5) is 5.95 Å². The standard InChI is InChI=1S/C27H27N5O/c1-2-3-10-19-33-24-17-15-21(16-18-24)20-28-31-27-29-25(22-11-6-4-7-12-22)26(30-32-27)23-13-8-5-9-14-23/h4-9,11-18,20H,2-3,10,19H2,1H3,(H,29,31,32)/b28-20+. The number of nitrogens with zero attached hydrogens (tertiary/aromatic N) is 4. The molecule has 3 aromatic carbocycles. The highest BCUT2D eigenvalue weighted by atomic mass is 16.5. The van der Waals surface area contributed by atoms with Crippen molar-refractivity contribution in [1.82, 2.24) is 15.2 Å². The molecule has 0 aliphatic carbocycles. The first-order chi connectivity index (χ1) is 16.3. The molecule has 0 aliphatic rings. The number of anilines is 1.